The summed E-state index contributed by atoms with van der Waals surface area (Å²) in [6.07, 6.45) is 0. The highest BCUT2D eigenvalue weighted by Crippen LogP contribution is 2.28. The van der Waals surface area contributed by atoms with Crippen LogP contribution in [0.3, 0.4) is 0 Å². The highest BCUT2D eigenvalue weighted by molar-refractivity contribution is 7.89. The first kappa shape index (κ1) is 25.5. The molecular formula is C25H37N3O4S. The molecule has 1 saturated heterocycles. The normalized spacial score (nSPS) is 15.9. The molecule has 3 rings (SSSR count). The van der Waals surface area contributed by atoms with Gasteiger partial charge in [-0.1, -0.05) is 0 Å². The fourth-order valence-corrected chi connectivity index (χ4v) is 6.48. The van der Waals surface area contributed by atoms with E-state index < -0.39 is 10.0 Å². The summed E-state index contributed by atoms with van der Waals surface area (Å²) in [5, 5.41) is 0. The molecule has 2 heterocycles. The highest BCUT2D eigenvalue weighted by atomic mass is 32.2. The lowest BCUT2D eigenvalue weighted by molar-refractivity contribution is 0.0901. The van der Waals surface area contributed by atoms with Gasteiger partial charge >= 0.3 is 0 Å². The maximum Gasteiger partial charge on any atom is 0.243 e. The molecule has 0 radical (unpaired) electrons. The molecule has 0 amide bonds. The maximum atomic E-state index is 13.3. The zero-order valence-corrected chi connectivity index (χ0v) is 21.8. The summed E-state index contributed by atoms with van der Waals surface area (Å²) in [5.74, 6) is 0.804. The molecule has 182 valence electrons. The van der Waals surface area contributed by atoms with Crippen molar-refractivity contribution >= 4 is 15.8 Å². The van der Waals surface area contributed by atoms with Crippen molar-refractivity contribution in [3.8, 4) is 5.75 Å². The van der Waals surface area contributed by atoms with Gasteiger partial charge in [0, 0.05) is 49.2 Å². The van der Waals surface area contributed by atoms with Gasteiger partial charge in [-0.15, -0.1) is 0 Å². The van der Waals surface area contributed by atoms with E-state index in [0.717, 1.165) is 22.5 Å². The van der Waals surface area contributed by atoms with Crippen molar-refractivity contribution in [3.05, 3.63) is 46.3 Å². The van der Waals surface area contributed by atoms with Crippen LogP contribution in [0, 0.1) is 27.7 Å². The smallest absolute Gasteiger partial charge is 0.243 e. The van der Waals surface area contributed by atoms with Gasteiger partial charge in [-0.2, -0.15) is 4.31 Å². The third kappa shape index (κ3) is 5.18. The predicted molar refractivity (Wildman–Crippen MR) is 131 cm³/mol. The molecule has 1 aliphatic rings. The van der Waals surface area contributed by atoms with Crippen molar-refractivity contribution in [2.24, 2.45) is 0 Å². The summed E-state index contributed by atoms with van der Waals surface area (Å²) < 4.78 is 36.0. The second-order valence-corrected chi connectivity index (χ2v) is 11.1. The monoisotopic (exact) mass is 475 g/mol. The second kappa shape index (κ2) is 9.99. The number of rotatable bonds is 8. The Balaban J connectivity index is 1.68. The molecule has 1 aromatic heterocycles. The average Bonchev–Trinajstić information content (AvgIpc) is 3.05. The zero-order chi connectivity index (χ0) is 24.5. The van der Waals surface area contributed by atoms with Crippen LogP contribution in [-0.2, 0) is 10.0 Å². The molecule has 0 N–H and O–H groups in total. The topological polar surface area (TPSA) is 71.9 Å². The molecule has 0 bridgehead atoms. The minimum atomic E-state index is -3.61. The number of sulfonamides is 1. The van der Waals surface area contributed by atoms with Gasteiger partial charge in [0.15, 0.2) is 5.78 Å². The standard InChI is InChI=1S/C25H37N3O4S/c1-8-32-24-13-19(5)25(14-18(24)4)33(30,31)27-11-9-26(10-12-27)16-23(29)22-15-20(6)28(17(2)3)21(22)7/h13-15,17H,8-12,16H2,1-7H3. The molecule has 7 nitrogen and oxygen atoms in total. The van der Waals surface area contributed by atoms with Gasteiger partial charge in [-0.05, 0) is 77.8 Å². The number of carbonyl (C=O) groups is 1. The van der Waals surface area contributed by atoms with Gasteiger partial charge in [0.05, 0.1) is 18.0 Å². The third-order valence-electron chi connectivity index (χ3n) is 6.39. The van der Waals surface area contributed by atoms with E-state index >= 15 is 0 Å². The number of aryl methyl sites for hydroxylation is 3. The first-order chi connectivity index (χ1) is 15.5. The Morgan fingerprint density at radius 3 is 2.18 bits per heavy atom. The number of benzene rings is 1. The molecule has 1 fully saturated rings. The number of piperazine rings is 1. The molecule has 1 aliphatic heterocycles. The first-order valence-electron chi connectivity index (χ1n) is 11.7. The van der Waals surface area contributed by atoms with Gasteiger partial charge in [-0.3, -0.25) is 9.69 Å². The summed E-state index contributed by atoms with van der Waals surface area (Å²) in [7, 11) is -3.61. The number of aromatic nitrogens is 1. The summed E-state index contributed by atoms with van der Waals surface area (Å²) in [6.45, 7) is 16.5. The number of carbonyl (C=O) groups excluding carboxylic acids is 1. The van der Waals surface area contributed by atoms with Crippen LogP contribution in [0.5, 0.6) is 5.75 Å². The Kier molecular flexibility index (Phi) is 7.71. The molecular weight excluding hydrogens is 438 g/mol. The zero-order valence-electron chi connectivity index (χ0n) is 20.9. The van der Waals surface area contributed by atoms with Gasteiger partial charge in [0.1, 0.15) is 5.75 Å². The number of Topliss-reactive ketones (excluding diaryl/α,β-unsaturated/α-hetero) is 1. The summed E-state index contributed by atoms with van der Waals surface area (Å²) in [5.41, 5.74) is 4.33. The summed E-state index contributed by atoms with van der Waals surface area (Å²) in [6, 6.07) is 5.77. The van der Waals surface area contributed by atoms with Crippen LogP contribution in [0.4, 0.5) is 0 Å². The average molecular weight is 476 g/mol. The van der Waals surface area contributed by atoms with E-state index in [-0.39, 0.29) is 5.78 Å². The van der Waals surface area contributed by atoms with E-state index in [2.05, 4.69) is 18.4 Å². The van der Waals surface area contributed by atoms with Crippen LogP contribution < -0.4 is 4.74 Å². The fraction of sp³-hybridized carbons (Fsp3) is 0.560. The lowest BCUT2D eigenvalue weighted by Gasteiger charge is -2.34. The Morgan fingerprint density at radius 1 is 1.00 bits per heavy atom. The van der Waals surface area contributed by atoms with Crippen LogP contribution in [0.25, 0.3) is 0 Å². The molecule has 8 heteroatoms. The predicted octanol–water partition coefficient (Wildman–Crippen LogP) is 3.89. The van der Waals surface area contributed by atoms with E-state index in [0.29, 0.717) is 61.6 Å². The van der Waals surface area contributed by atoms with E-state index in [1.54, 1.807) is 19.1 Å². The number of ether oxygens (including phenoxy) is 1. The lowest BCUT2D eigenvalue weighted by atomic mass is 10.1. The minimum Gasteiger partial charge on any atom is -0.494 e. The minimum absolute atomic E-state index is 0.0873. The lowest BCUT2D eigenvalue weighted by Crippen LogP contribution is -2.49. The summed E-state index contributed by atoms with van der Waals surface area (Å²) >= 11 is 0. The van der Waals surface area contributed by atoms with Gasteiger partial charge < -0.3 is 9.30 Å². The van der Waals surface area contributed by atoms with Crippen LogP contribution >= 0.6 is 0 Å². The molecule has 1 aromatic carbocycles. The van der Waals surface area contributed by atoms with Crippen molar-refractivity contribution in [3.63, 3.8) is 0 Å². The number of nitrogens with zero attached hydrogens (tertiary/aromatic N) is 3. The van der Waals surface area contributed by atoms with E-state index in [4.69, 9.17) is 4.74 Å². The Hall–Kier alpha value is -2.16. The van der Waals surface area contributed by atoms with Crippen molar-refractivity contribution < 1.29 is 17.9 Å². The highest BCUT2D eigenvalue weighted by Gasteiger charge is 2.31. The largest absolute Gasteiger partial charge is 0.494 e. The van der Waals surface area contributed by atoms with Crippen molar-refractivity contribution in [2.75, 3.05) is 39.3 Å². The number of hydrogen-bond donors (Lipinski definition) is 0. The molecule has 0 aliphatic carbocycles. The molecule has 2 aromatic rings. The van der Waals surface area contributed by atoms with E-state index in [1.807, 2.05) is 38.7 Å². The molecule has 0 atom stereocenters. The summed E-state index contributed by atoms with van der Waals surface area (Å²) in [4.78, 5) is 15.4. The van der Waals surface area contributed by atoms with Crippen LogP contribution in [-0.4, -0.2) is 67.3 Å². The molecule has 0 unspecified atom stereocenters. The van der Waals surface area contributed by atoms with E-state index in [9.17, 15) is 13.2 Å². The maximum absolute atomic E-state index is 13.3. The van der Waals surface area contributed by atoms with Crippen molar-refractivity contribution in [2.45, 2.75) is 59.4 Å². The van der Waals surface area contributed by atoms with Crippen LogP contribution in [0.1, 0.15) is 59.7 Å². The Bertz CT molecular complexity index is 1130. The molecule has 0 saturated carbocycles. The van der Waals surface area contributed by atoms with Crippen LogP contribution in [0.2, 0.25) is 0 Å². The molecule has 33 heavy (non-hydrogen) atoms. The van der Waals surface area contributed by atoms with Gasteiger partial charge in [0.2, 0.25) is 10.0 Å². The van der Waals surface area contributed by atoms with Gasteiger partial charge in [0.25, 0.3) is 0 Å². The third-order valence-corrected chi connectivity index (χ3v) is 8.43. The number of hydrogen-bond acceptors (Lipinski definition) is 5. The number of ketones is 1. The van der Waals surface area contributed by atoms with Gasteiger partial charge in [-0.25, -0.2) is 8.42 Å². The quantitative estimate of drug-likeness (QED) is 0.542. The second-order valence-electron chi connectivity index (χ2n) is 9.17. The SMILES string of the molecule is CCOc1cc(C)c(S(=O)(=O)N2CCN(CC(=O)c3cc(C)n(C(C)C)c3C)CC2)cc1C. The Morgan fingerprint density at radius 2 is 1.64 bits per heavy atom. The molecule has 0 spiro atoms. The van der Waals surface area contributed by atoms with Crippen LogP contribution in [0.15, 0.2) is 23.1 Å². The van der Waals surface area contributed by atoms with Crippen molar-refractivity contribution in [1.29, 1.82) is 0 Å². The fourth-order valence-electron chi connectivity index (χ4n) is 4.76. The Labute approximate surface area is 198 Å². The van der Waals surface area contributed by atoms with E-state index in [1.165, 1.54) is 4.31 Å². The first-order valence-corrected chi connectivity index (χ1v) is 13.1. The van der Waals surface area contributed by atoms with Crippen molar-refractivity contribution in [1.82, 2.24) is 13.8 Å².